The van der Waals surface area contributed by atoms with Crippen molar-refractivity contribution < 1.29 is 14.6 Å². The summed E-state index contributed by atoms with van der Waals surface area (Å²) in [4.78, 5) is 0. The molecular formula is C15H25NO3. The van der Waals surface area contributed by atoms with Crippen LogP contribution in [0.15, 0.2) is 18.2 Å². The Bertz CT molecular complexity index is 368. The monoisotopic (exact) mass is 267 g/mol. The summed E-state index contributed by atoms with van der Waals surface area (Å²) in [6.45, 7) is 6.89. The topological polar surface area (TPSA) is 50.7 Å². The van der Waals surface area contributed by atoms with E-state index in [1.165, 1.54) is 0 Å². The first-order valence-corrected chi connectivity index (χ1v) is 6.74. The molecule has 0 fully saturated rings. The third-order valence-electron chi connectivity index (χ3n) is 3.00. The number of aromatic hydroxyl groups is 1. The molecular weight excluding hydrogens is 242 g/mol. The number of hydrogen-bond acceptors (Lipinski definition) is 4. The van der Waals surface area contributed by atoms with E-state index in [9.17, 15) is 5.11 Å². The Balaban J connectivity index is 2.22. The third kappa shape index (κ3) is 6.05. The highest BCUT2D eigenvalue weighted by Gasteiger charge is 2.09. The molecule has 0 heterocycles. The highest BCUT2D eigenvalue weighted by Crippen LogP contribution is 2.24. The molecule has 1 unspecified atom stereocenters. The van der Waals surface area contributed by atoms with E-state index >= 15 is 0 Å². The molecule has 1 aromatic rings. The van der Waals surface area contributed by atoms with Crippen molar-refractivity contribution in [3.63, 3.8) is 0 Å². The van der Waals surface area contributed by atoms with Crippen LogP contribution in [0.1, 0.15) is 30.5 Å². The maximum atomic E-state index is 9.88. The molecule has 0 aliphatic rings. The number of benzene rings is 1. The summed E-state index contributed by atoms with van der Waals surface area (Å²) in [5.74, 6) is 0.358. The molecule has 0 amide bonds. The number of nitrogens with one attached hydrogen (secondary N) is 1. The van der Waals surface area contributed by atoms with Crippen molar-refractivity contribution in [1.82, 2.24) is 5.32 Å². The molecule has 0 saturated carbocycles. The minimum atomic E-state index is 0.138. The Morgan fingerprint density at radius 3 is 2.74 bits per heavy atom. The van der Waals surface area contributed by atoms with Crippen molar-refractivity contribution >= 4 is 0 Å². The van der Waals surface area contributed by atoms with Gasteiger partial charge >= 0.3 is 0 Å². The van der Waals surface area contributed by atoms with Gasteiger partial charge in [-0.25, -0.2) is 0 Å². The second-order valence-corrected chi connectivity index (χ2v) is 4.70. The van der Waals surface area contributed by atoms with Gasteiger partial charge in [0.2, 0.25) is 0 Å². The molecule has 0 aromatic heterocycles. The third-order valence-corrected chi connectivity index (χ3v) is 3.00. The second-order valence-electron chi connectivity index (χ2n) is 4.70. The molecule has 1 aromatic carbocycles. The van der Waals surface area contributed by atoms with Crippen molar-refractivity contribution in [3.8, 4) is 5.75 Å². The van der Waals surface area contributed by atoms with Crippen molar-refractivity contribution in [1.29, 1.82) is 0 Å². The molecule has 19 heavy (non-hydrogen) atoms. The first-order chi connectivity index (χ1) is 9.15. The SMILES string of the molecule is COCCOCCCNC(C)c1ccc(C)cc1O. The molecule has 108 valence electrons. The predicted octanol–water partition coefficient (Wildman–Crippen LogP) is 2.40. The zero-order valence-electron chi connectivity index (χ0n) is 12.1. The van der Waals surface area contributed by atoms with Gasteiger partial charge in [-0.1, -0.05) is 12.1 Å². The van der Waals surface area contributed by atoms with Gasteiger partial charge in [0.15, 0.2) is 0 Å². The minimum Gasteiger partial charge on any atom is -0.508 e. The Kier molecular flexibility index (Phi) is 7.48. The van der Waals surface area contributed by atoms with Crippen LogP contribution >= 0.6 is 0 Å². The van der Waals surface area contributed by atoms with Gasteiger partial charge in [-0.15, -0.1) is 0 Å². The van der Waals surface area contributed by atoms with Gasteiger partial charge in [0, 0.05) is 25.3 Å². The number of phenolic OH excluding ortho intramolecular Hbond substituents is 1. The fraction of sp³-hybridized carbons (Fsp3) is 0.600. The fourth-order valence-corrected chi connectivity index (χ4v) is 1.87. The van der Waals surface area contributed by atoms with Gasteiger partial charge < -0.3 is 19.9 Å². The maximum absolute atomic E-state index is 9.88. The molecule has 2 N–H and O–H groups in total. The Morgan fingerprint density at radius 2 is 2.05 bits per heavy atom. The summed E-state index contributed by atoms with van der Waals surface area (Å²) in [7, 11) is 1.67. The van der Waals surface area contributed by atoms with E-state index in [2.05, 4.69) is 12.2 Å². The first-order valence-electron chi connectivity index (χ1n) is 6.74. The normalized spacial score (nSPS) is 12.6. The quantitative estimate of drug-likeness (QED) is 0.675. The smallest absolute Gasteiger partial charge is 0.120 e. The highest BCUT2D eigenvalue weighted by atomic mass is 16.5. The average molecular weight is 267 g/mol. The summed E-state index contributed by atoms with van der Waals surface area (Å²) in [5.41, 5.74) is 2.01. The molecule has 1 atom stereocenters. The van der Waals surface area contributed by atoms with Crippen LogP contribution in [0.4, 0.5) is 0 Å². The summed E-state index contributed by atoms with van der Waals surface area (Å²) in [6, 6.07) is 5.92. The predicted molar refractivity (Wildman–Crippen MR) is 76.6 cm³/mol. The van der Waals surface area contributed by atoms with Gasteiger partial charge in [0.1, 0.15) is 5.75 Å². The summed E-state index contributed by atoms with van der Waals surface area (Å²) < 4.78 is 10.3. The van der Waals surface area contributed by atoms with Crippen LogP contribution in [0.3, 0.4) is 0 Å². The van der Waals surface area contributed by atoms with Crippen LogP contribution in [0.25, 0.3) is 0 Å². The second kappa shape index (κ2) is 8.91. The summed E-state index contributed by atoms with van der Waals surface area (Å²) in [6.07, 6.45) is 0.945. The lowest BCUT2D eigenvalue weighted by atomic mass is 10.1. The Hall–Kier alpha value is -1.10. The zero-order valence-corrected chi connectivity index (χ0v) is 12.1. The Labute approximate surface area is 115 Å². The molecule has 0 radical (unpaired) electrons. The van der Waals surface area contributed by atoms with Crippen LogP contribution < -0.4 is 5.32 Å². The van der Waals surface area contributed by atoms with Gasteiger partial charge in [-0.3, -0.25) is 0 Å². The molecule has 0 aliphatic heterocycles. The molecule has 0 spiro atoms. The van der Waals surface area contributed by atoms with E-state index in [1.807, 2.05) is 19.1 Å². The van der Waals surface area contributed by atoms with E-state index in [4.69, 9.17) is 9.47 Å². The average Bonchev–Trinajstić information content (AvgIpc) is 2.37. The number of hydrogen-bond donors (Lipinski definition) is 2. The number of aryl methyl sites for hydroxylation is 1. The van der Waals surface area contributed by atoms with Crippen LogP contribution in [-0.2, 0) is 9.47 Å². The fourth-order valence-electron chi connectivity index (χ4n) is 1.87. The van der Waals surface area contributed by atoms with Crippen molar-refractivity contribution in [3.05, 3.63) is 29.3 Å². The summed E-state index contributed by atoms with van der Waals surface area (Å²) >= 11 is 0. The lowest BCUT2D eigenvalue weighted by molar-refractivity contribution is 0.0693. The largest absolute Gasteiger partial charge is 0.508 e. The number of rotatable bonds is 9. The Morgan fingerprint density at radius 1 is 1.26 bits per heavy atom. The standard InChI is InChI=1S/C15H25NO3/c1-12-5-6-14(15(17)11-12)13(2)16-7-4-8-19-10-9-18-3/h5-6,11,13,16-17H,4,7-10H2,1-3H3. The van der Waals surface area contributed by atoms with E-state index in [-0.39, 0.29) is 6.04 Å². The van der Waals surface area contributed by atoms with Crippen molar-refractivity contribution in [2.45, 2.75) is 26.3 Å². The van der Waals surface area contributed by atoms with E-state index in [0.29, 0.717) is 19.0 Å². The van der Waals surface area contributed by atoms with Crippen LogP contribution in [0.2, 0.25) is 0 Å². The summed E-state index contributed by atoms with van der Waals surface area (Å²) in [5, 5.41) is 13.3. The number of methoxy groups -OCH3 is 1. The van der Waals surface area contributed by atoms with Gasteiger partial charge in [-0.2, -0.15) is 0 Å². The van der Waals surface area contributed by atoms with Crippen molar-refractivity contribution in [2.75, 3.05) is 33.5 Å². The molecule has 1 rings (SSSR count). The van der Waals surface area contributed by atoms with Crippen LogP contribution in [0.5, 0.6) is 5.75 Å². The number of phenols is 1. The van der Waals surface area contributed by atoms with Gasteiger partial charge in [0.25, 0.3) is 0 Å². The molecule has 0 saturated heterocycles. The molecule has 0 aliphatic carbocycles. The minimum absolute atomic E-state index is 0.138. The maximum Gasteiger partial charge on any atom is 0.120 e. The van der Waals surface area contributed by atoms with Gasteiger partial charge in [0.05, 0.1) is 13.2 Å². The molecule has 0 bridgehead atoms. The lowest BCUT2D eigenvalue weighted by Gasteiger charge is -2.16. The molecule has 4 heteroatoms. The van der Waals surface area contributed by atoms with Crippen LogP contribution in [-0.4, -0.2) is 38.6 Å². The van der Waals surface area contributed by atoms with E-state index < -0.39 is 0 Å². The number of ether oxygens (including phenoxy) is 2. The molecule has 4 nitrogen and oxygen atoms in total. The lowest BCUT2D eigenvalue weighted by Crippen LogP contribution is -2.21. The van der Waals surface area contributed by atoms with Gasteiger partial charge in [-0.05, 0) is 38.4 Å². The van der Waals surface area contributed by atoms with Crippen LogP contribution in [0, 0.1) is 6.92 Å². The highest BCUT2D eigenvalue weighted by molar-refractivity contribution is 5.37. The first kappa shape index (κ1) is 16.0. The zero-order chi connectivity index (χ0) is 14.1. The van der Waals surface area contributed by atoms with Crippen molar-refractivity contribution in [2.24, 2.45) is 0 Å². The van der Waals surface area contributed by atoms with E-state index in [0.717, 1.165) is 30.7 Å². The van der Waals surface area contributed by atoms with E-state index in [1.54, 1.807) is 13.2 Å².